The summed E-state index contributed by atoms with van der Waals surface area (Å²) in [5.41, 5.74) is -0.146. The smallest absolute Gasteiger partial charge is 0.0783 e. The molecule has 0 radical (unpaired) electrons. The van der Waals surface area contributed by atoms with E-state index in [2.05, 4.69) is 41.8 Å². The molecular weight excluding hydrogens is 490 g/mol. The molecule has 0 aromatic rings. The minimum atomic E-state index is -0.148. The molecule has 0 bridgehead atoms. The SMILES string of the molecule is CCCCCCCCCCCC[N+](C)(C)CCCCOCC(C)(COC)COCC(C)(CC)COCCOC. The molecule has 0 aromatic heterocycles. The fraction of sp³-hybridized carbons (Fsp3) is 1.00. The largest absolute Gasteiger partial charge is 0.384 e. The first-order valence-corrected chi connectivity index (χ1v) is 16.2. The van der Waals surface area contributed by atoms with Crippen LogP contribution in [-0.2, 0) is 23.7 Å². The predicted molar refractivity (Wildman–Crippen MR) is 166 cm³/mol. The number of unbranched alkanes of at least 4 members (excludes halogenated alkanes) is 10. The van der Waals surface area contributed by atoms with Crippen LogP contribution < -0.4 is 0 Å². The molecular formula is C33H70NO5+. The topological polar surface area (TPSA) is 46.2 Å². The van der Waals surface area contributed by atoms with Crippen LogP contribution in [0.1, 0.15) is 111 Å². The molecule has 236 valence electrons. The number of hydrogen-bond donors (Lipinski definition) is 0. The van der Waals surface area contributed by atoms with E-state index in [4.69, 9.17) is 23.7 Å². The number of rotatable bonds is 30. The van der Waals surface area contributed by atoms with Gasteiger partial charge in [0.15, 0.2) is 0 Å². The van der Waals surface area contributed by atoms with E-state index >= 15 is 0 Å². The highest BCUT2D eigenvalue weighted by atomic mass is 16.5. The van der Waals surface area contributed by atoms with Crippen molar-refractivity contribution in [1.82, 2.24) is 0 Å². The second kappa shape index (κ2) is 24.4. The number of quaternary nitrogens is 1. The van der Waals surface area contributed by atoms with Gasteiger partial charge in [0.25, 0.3) is 0 Å². The molecule has 0 aliphatic carbocycles. The number of hydrogen-bond acceptors (Lipinski definition) is 5. The lowest BCUT2D eigenvalue weighted by molar-refractivity contribution is -0.890. The molecule has 0 spiro atoms. The van der Waals surface area contributed by atoms with E-state index in [-0.39, 0.29) is 10.8 Å². The van der Waals surface area contributed by atoms with Crippen molar-refractivity contribution in [3.05, 3.63) is 0 Å². The van der Waals surface area contributed by atoms with Gasteiger partial charge in [0.2, 0.25) is 0 Å². The van der Waals surface area contributed by atoms with Gasteiger partial charge in [0, 0.05) is 31.7 Å². The minimum absolute atomic E-state index is 0.00151. The Morgan fingerprint density at radius 3 is 1.54 bits per heavy atom. The zero-order valence-electron chi connectivity index (χ0n) is 27.8. The van der Waals surface area contributed by atoms with Crippen molar-refractivity contribution in [3.63, 3.8) is 0 Å². The molecule has 39 heavy (non-hydrogen) atoms. The summed E-state index contributed by atoms with van der Waals surface area (Å²) >= 11 is 0. The third-order valence-corrected chi connectivity index (χ3v) is 8.00. The van der Waals surface area contributed by atoms with Crippen molar-refractivity contribution in [3.8, 4) is 0 Å². The third kappa shape index (κ3) is 23.1. The average molecular weight is 561 g/mol. The molecule has 6 heteroatoms. The van der Waals surface area contributed by atoms with Crippen LogP contribution >= 0.6 is 0 Å². The normalized spacial score (nSPS) is 15.4. The maximum atomic E-state index is 6.20. The molecule has 0 rings (SSSR count). The second-order valence-electron chi connectivity index (χ2n) is 13.3. The van der Waals surface area contributed by atoms with Crippen molar-refractivity contribution in [2.45, 2.75) is 111 Å². The van der Waals surface area contributed by atoms with Gasteiger partial charge in [-0.3, -0.25) is 0 Å². The molecule has 2 unspecified atom stereocenters. The second-order valence-corrected chi connectivity index (χ2v) is 13.3. The Kier molecular flexibility index (Phi) is 24.2. The van der Waals surface area contributed by atoms with Gasteiger partial charge in [-0.15, -0.1) is 0 Å². The summed E-state index contributed by atoms with van der Waals surface area (Å²) in [6.07, 6.45) is 17.4. The Morgan fingerprint density at radius 2 is 0.974 bits per heavy atom. The molecule has 0 saturated carbocycles. The van der Waals surface area contributed by atoms with Crippen molar-refractivity contribution in [2.24, 2.45) is 10.8 Å². The molecule has 0 aromatic carbocycles. The summed E-state index contributed by atoms with van der Waals surface area (Å²) in [7, 11) is 8.22. The van der Waals surface area contributed by atoms with Crippen LogP contribution in [0, 0.1) is 10.8 Å². The minimum Gasteiger partial charge on any atom is -0.384 e. The van der Waals surface area contributed by atoms with Gasteiger partial charge in [0.05, 0.1) is 73.4 Å². The molecule has 0 amide bonds. The highest BCUT2D eigenvalue weighted by molar-refractivity contribution is 4.76. The van der Waals surface area contributed by atoms with E-state index in [0.29, 0.717) is 46.2 Å². The molecule has 2 atom stereocenters. The summed E-state index contributed by atoms with van der Waals surface area (Å²) in [5.74, 6) is 0. The first-order chi connectivity index (χ1) is 18.7. The Hall–Kier alpha value is -0.240. The lowest BCUT2D eigenvalue weighted by Crippen LogP contribution is -2.41. The maximum absolute atomic E-state index is 6.20. The Labute approximate surface area is 244 Å². The fourth-order valence-electron chi connectivity index (χ4n) is 4.93. The van der Waals surface area contributed by atoms with Gasteiger partial charge in [-0.1, -0.05) is 79.1 Å². The van der Waals surface area contributed by atoms with Gasteiger partial charge in [-0.05, 0) is 32.1 Å². The molecule has 0 saturated heterocycles. The van der Waals surface area contributed by atoms with Crippen LogP contribution in [0.4, 0.5) is 0 Å². The molecule has 6 nitrogen and oxygen atoms in total. The third-order valence-electron chi connectivity index (χ3n) is 8.00. The fourth-order valence-corrected chi connectivity index (χ4v) is 4.93. The Bertz CT molecular complexity index is 532. The lowest BCUT2D eigenvalue weighted by Gasteiger charge is -2.32. The van der Waals surface area contributed by atoms with Crippen LogP contribution in [0.5, 0.6) is 0 Å². The van der Waals surface area contributed by atoms with Crippen LogP contribution in [0.25, 0.3) is 0 Å². The summed E-state index contributed by atoms with van der Waals surface area (Å²) in [6.45, 7) is 16.7. The molecule has 0 N–H and O–H groups in total. The van der Waals surface area contributed by atoms with E-state index in [1.165, 1.54) is 83.7 Å². The van der Waals surface area contributed by atoms with Crippen LogP contribution in [0.3, 0.4) is 0 Å². The lowest BCUT2D eigenvalue weighted by atomic mass is 9.89. The number of ether oxygens (including phenoxy) is 5. The molecule has 0 fully saturated rings. The van der Waals surface area contributed by atoms with Crippen LogP contribution in [0.15, 0.2) is 0 Å². The van der Waals surface area contributed by atoms with Crippen molar-refractivity contribution >= 4 is 0 Å². The average Bonchev–Trinajstić information content (AvgIpc) is 2.90. The first-order valence-electron chi connectivity index (χ1n) is 16.2. The van der Waals surface area contributed by atoms with Gasteiger partial charge in [-0.2, -0.15) is 0 Å². The zero-order valence-corrected chi connectivity index (χ0v) is 27.8. The summed E-state index contributed by atoms with van der Waals surface area (Å²) in [6, 6.07) is 0. The molecule has 0 aliphatic rings. The Morgan fingerprint density at radius 1 is 0.487 bits per heavy atom. The van der Waals surface area contributed by atoms with Gasteiger partial charge in [-0.25, -0.2) is 0 Å². The standard InChI is InChI=1S/C33H70NO5/c1-9-11-12-13-14-15-16-17-18-19-22-34(5,6)23-20-21-24-37-30-33(4,27-36-8)31-39-29-32(3,10-2)28-38-26-25-35-7/h9-31H2,1-8H3/q+1. The highest BCUT2D eigenvalue weighted by Crippen LogP contribution is 2.25. The van der Waals surface area contributed by atoms with Crippen LogP contribution in [-0.4, -0.2) is 98.7 Å². The van der Waals surface area contributed by atoms with Crippen LogP contribution in [0.2, 0.25) is 0 Å². The van der Waals surface area contributed by atoms with E-state index in [1.54, 1.807) is 14.2 Å². The molecule has 0 aliphatic heterocycles. The first kappa shape index (κ1) is 38.8. The van der Waals surface area contributed by atoms with Gasteiger partial charge in [0.1, 0.15) is 0 Å². The highest BCUT2D eigenvalue weighted by Gasteiger charge is 2.29. The van der Waals surface area contributed by atoms with E-state index in [9.17, 15) is 0 Å². The summed E-state index contributed by atoms with van der Waals surface area (Å²) < 4.78 is 29.8. The van der Waals surface area contributed by atoms with Gasteiger partial charge >= 0.3 is 0 Å². The zero-order chi connectivity index (χ0) is 29.3. The van der Waals surface area contributed by atoms with E-state index in [1.807, 2.05) is 0 Å². The number of nitrogens with zero attached hydrogens (tertiary/aromatic N) is 1. The number of methoxy groups -OCH3 is 2. The molecule has 0 heterocycles. The van der Waals surface area contributed by atoms with E-state index < -0.39 is 0 Å². The monoisotopic (exact) mass is 561 g/mol. The van der Waals surface area contributed by atoms with E-state index in [0.717, 1.165) is 23.9 Å². The van der Waals surface area contributed by atoms with Gasteiger partial charge < -0.3 is 28.2 Å². The maximum Gasteiger partial charge on any atom is 0.0783 e. The summed E-state index contributed by atoms with van der Waals surface area (Å²) in [5, 5.41) is 0. The van der Waals surface area contributed by atoms with Crippen molar-refractivity contribution in [1.29, 1.82) is 0 Å². The quantitative estimate of drug-likeness (QED) is 0.0671. The van der Waals surface area contributed by atoms with Crippen molar-refractivity contribution in [2.75, 3.05) is 94.3 Å². The summed E-state index contributed by atoms with van der Waals surface area (Å²) in [4.78, 5) is 0. The Balaban J connectivity index is 4.04. The van der Waals surface area contributed by atoms with Crippen molar-refractivity contribution < 1.29 is 28.2 Å². The predicted octanol–water partition coefficient (Wildman–Crippen LogP) is 7.53.